The van der Waals surface area contributed by atoms with E-state index in [4.69, 9.17) is 9.57 Å². The van der Waals surface area contributed by atoms with Crippen molar-refractivity contribution >= 4 is 11.6 Å². The second-order valence-electron chi connectivity index (χ2n) is 5.78. The highest BCUT2D eigenvalue weighted by molar-refractivity contribution is 6.05. The van der Waals surface area contributed by atoms with E-state index in [1.54, 1.807) is 7.11 Å². The van der Waals surface area contributed by atoms with E-state index in [1.807, 2.05) is 45.0 Å². The summed E-state index contributed by atoms with van der Waals surface area (Å²) in [5, 5.41) is 6.92. The number of oxime groups is 1. The van der Waals surface area contributed by atoms with E-state index in [9.17, 15) is 4.79 Å². The molecule has 1 aromatic carbocycles. The number of amides is 1. The molecule has 1 atom stereocenters. The lowest BCUT2D eigenvalue weighted by Gasteiger charge is -2.22. The number of carbonyl (C=O) groups is 1. The zero-order valence-corrected chi connectivity index (χ0v) is 12.3. The molecule has 0 fully saturated rings. The van der Waals surface area contributed by atoms with Gasteiger partial charge < -0.3 is 14.9 Å². The minimum absolute atomic E-state index is 0.147. The molecule has 0 aromatic heterocycles. The number of methoxy groups -OCH3 is 1. The van der Waals surface area contributed by atoms with E-state index in [2.05, 4.69) is 10.5 Å². The van der Waals surface area contributed by atoms with Crippen LogP contribution < -0.4 is 10.1 Å². The number of nitrogens with one attached hydrogen (secondary N) is 1. The fraction of sp³-hybridized carbons (Fsp3) is 0.467. The van der Waals surface area contributed by atoms with Gasteiger partial charge in [-0.1, -0.05) is 17.3 Å². The number of hydrogen-bond donors (Lipinski definition) is 1. The standard InChI is InChI=1S/C15H20N2O3/c1-15(2,3)16-14(18)13-9-11(17-20-13)10-7-5-6-8-12(10)19-4/h5-8,13H,9H2,1-4H3,(H,16,18)/t13-/m0/s1. The van der Waals surface area contributed by atoms with Crippen LogP contribution in [-0.2, 0) is 9.63 Å². The summed E-state index contributed by atoms with van der Waals surface area (Å²) >= 11 is 0. The Labute approximate surface area is 118 Å². The van der Waals surface area contributed by atoms with E-state index in [0.717, 1.165) is 17.0 Å². The van der Waals surface area contributed by atoms with E-state index >= 15 is 0 Å². The highest BCUT2D eigenvalue weighted by Crippen LogP contribution is 2.24. The SMILES string of the molecule is COc1ccccc1C1=NO[C@H](C(=O)NC(C)(C)C)C1. The van der Waals surface area contributed by atoms with Gasteiger partial charge in [0.05, 0.1) is 12.8 Å². The van der Waals surface area contributed by atoms with Crippen LogP contribution in [0.15, 0.2) is 29.4 Å². The van der Waals surface area contributed by atoms with Crippen molar-refractivity contribution in [3.8, 4) is 5.75 Å². The van der Waals surface area contributed by atoms with Gasteiger partial charge in [0.15, 0.2) is 0 Å². The van der Waals surface area contributed by atoms with Gasteiger partial charge in [-0.25, -0.2) is 0 Å². The smallest absolute Gasteiger partial charge is 0.264 e. The molecule has 2 rings (SSSR count). The first kappa shape index (κ1) is 14.4. The number of benzene rings is 1. The average molecular weight is 276 g/mol. The highest BCUT2D eigenvalue weighted by Gasteiger charge is 2.31. The van der Waals surface area contributed by atoms with Crippen molar-refractivity contribution in [1.82, 2.24) is 5.32 Å². The molecule has 0 aliphatic carbocycles. The molecule has 1 amide bonds. The van der Waals surface area contributed by atoms with Crippen LogP contribution in [0.2, 0.25) is 0 Å². The van der Waals surface area contributed by atoms with Gasteiger partial charge in [0.2, 0.25) is 6.10 Å². The molecule has 5 nitrogen and oxygen atoms in total. The molecule has 0 saturated carbocycles. The van der Waals surface area contributed by atoms with Gasteiger partial charge in [-0.05, 0) is 32.9 Å². The van der Waals surface area contributed by atoms with Crippen molar-refractivity contribution in [1.29, 1.82) is 0 Å². The molecule has 0 saturated heterocycles. The molecular formula is C15H20N2O3. The van der Waals surface area contributed by atoms with Gasteiger partial charge in [0, 0.05) is 17.5 Å². The largest absolute Gasteiger partial charge is 0.496 e. The number of nitrogens with zero attached hydrogens (tertiary/aromatic N) is 1. The number of ether oxygens (including phenoxy) is 1. The Balaban J connectivity index is 2.07. The third kappa shape index (κ3) is 3.29. The molecule has 0 radical (unpaired) electrons. The summed E-state index contributed by atoms with van der Waals surface area (Å²) in [6.45, 7) is 5.80. The molecule has 1 aliphatic heterocycles. The van der Waals surface area contributed by atoms with Crippen LogP contribution in [0, 0.1) is 0 Å². The van der Waals surface area contributed by atoms with Crippen molar-refractivity contribution in [2.24, 2.45) is 5.16 Å². The third-order valence-corrected chi connectivity index (χ3v) is 2.88. The fourth-order valence-corrected chi connectivity index (χ4v) is 2.01. The Bertz CT molecular complexity index is 532. The van der Waals surface area contributed by atoms with Crippen LogP contribution in [-0.4, -0.2) is 30.4 Å². The second kappa shape index (κ2) is 5.53. The normalized spacial score (nSPS) is 18.2. The van der Waals surface area contributed by atoms with Crippen LogP contribution in [0.3, 0.4) is 0 Å². The summed E-state index contributed by atoms with van der Waals surface area (Å²) in [6.07, 6.45) is -0.128. The number of rotatable bonds is 3. The number of para-hydroxylation sites is 1. The van der Waals surface area contributed by atoms with Crippen LogP contribution in [0.4, 0.5) is 0 Å². The first-order chi connectivity index (χ1) is 9.40. The monoisotopic (exact) mass is 276 g/mol. The summed E-state index contributed by atoms with van der Waals surface area (Å²) in [5.41, 5.74) is 1.31. The zero-order valence-electron chi connectivity index (χ0n) is 12.3. The Kier molecular flexibility index (Phi) is 3.97. The Morgan fingerprint density at radius 1 is 1.40 bits per heavy atom. The van der Waals surface area contributed by atoms with Gasteiger partial charge >= 0.3 is 0 Å². The zero-order chi connectivity index (χ0) is 14.8. The Hall–Kier alpha value is -2.04. The minimum Gasteiger partial charge on any atom is -0.496 e. The van der Waals surface area contributed by atoms with Crippen LogP contribution in [0.5, 0.6) is 5.75 Å². The molecule has 0 bridgehead atoms. The maximum atomic E-state index is 12.1. The molecule has 0 spiro atoms. The summed E-state index contributed by atoms with van der Waals surface area (Å²) in [4.78, 5) is 17.3. The van der Waals surface area contributed by atoms with Crippen LogP contribution in [0.1, 0.15) is 32.8 Å². The van der Waals surface area contributed by atoms with Crippen LogP contribution in [0.25, 0.3) is 0 Å². The van der Waals surface area contributed by atoms with Crippen LogP contribution >= 0.6 is 0 Å². The van der Waals surface area contributed by atoms with Gasteiger partial charge in [0.1, 0.15) is 5.75 Å². The Morgan fingerprint density at radius 3 is 2.75 bits per heavy atom. The lowest BCUT2D eigenvalue weighted by atomic mass is 10.0. The molecule has 1 N–H and O–H groups in total. The van der Waals surface area contributed by atoms with Crippen molar-refractivity contribution in [3.63, 3.8) is 0 Å². The predicted molar refractivity (Wildman–Crippen MR) is 76.9 cm³/mol. The molecule has 1 heterocycles. The van der Waals surface area contributed by atoms with Crippen molar-refractivity contribution < 1.29 is 14.4 Å². The van der Waals surface area contributed by atoms with E-state index in [0.29, 0.717) is 6.42 Å². The third-order valence-electron chi connectivity index (χ3n) is 2.88. The van der Waals surface area contributed by atoms with Crippen molar-refractivity contribution in [2.45, 2.75) is 38.8 Å². The summed E-state index contributed by atoms with van der Waals surface area (Å²) in [6, 6.07) is 7.57. The maximum Gasteiger partial charge on any atom is 0.264 e. The molecule has 0 unspecified atom stereocenters. The van der Waals surface area contributed by atoms with E-state index in [1.165, 1.54) is 0 Å². The predicted octanol–water partition coefficient (Wildman–Crippen LogP) is 2.10. The molecule has 1 aromatic rings. The Morgan fingerprint density at radius 2 is 2.10 bits per heavy atom. The molecule has 20 heavy (non-hydrogen) atoms. The van der Waals surface area contributed by atoms with Gasteiger partial charge in [-0.15, -0.1) is 0 Å². The molecule has 108 valence electrons. The van der Waals surface area contributed by atoms with Gasteiger partial charge in [-0.3, -0.25) is 4.79 Å². The summed E-state index contributed by atoms with van der Waals surface area (Å²) in [5.74, 6) is 0.581. The quantitative estimate of drug-likeness (QED) is 0.919. The van der Waals surface area contributed by atoms with Crippen molar-refractivity contribution in [3.05, 3.63) is 29.8 Å². The lowest BCUT2D eigenvalue weighted by Crippen LogP contribution is -2.45. The summed E-state index contributed by atoms with van der Waals surface area (Å²) in [7, 11) is 1.61. The fourth-order valence-electron chi connectivity index (χ4n) is 2.01. The average Bonchev–Trinajstić information content (AvgIpc) is 2.86. The van der Waals surface area contributed by atoms with E-state index < -0.39 is 6.10 Å². The highest BCUT2D eigenvalue weighted by atomic mass is 16.6. The number of hydrogen-bond acceptors (Lipinski definition) is 4. The first-order valence-electron chi connectivity index (χ1n) is 6.59. The molecular weight excluding hydrogens is 256 g/mol. The van der Waals surface area contributed by atoms with Crippen molar-refractivity contribution in [2.75, 3.05) is 7.11 Å². The number of carbonyl (C=O) groups excluding carboxylic acids is 1. The van der Waals surface area contributed by atoms with Gasteiger partial charge in [-0.2, -0.15) is 0 Å². The topological polar surface area (TPSA) is 59.9 Å². The lowest BCUT2D eigenvalue weighted by molar-refractivity contribution is -0.132. The minimum atomic E-state index is -0.575. The molecule has 5 heteroatoms. The first-order valence-corrected chi connectivity index (χ1v) is 6.59. The second-order valence-corrected chi connectivity index (χ2v) is 5.78. The van der Waals surface area contributed by atoms with E-state index in [-0.39, 0.29) is 11.4 Å². The molecule has 1 aliphatic rings. The maximum absolute atomic E-state index is 12.1. The summed E-state index contributed by atoms with van der Waals surface area (Å²) < 4.78 is 5.30. The van der Waals surface area contributed by atoms with Gasteiger partial charge in [0.25, 0.3) is 5.91 Å².